The molecule has 0 bridgehead atoms. The van der Waals surface area contributed by atoms with E-state index in [0.717, 1.165) is 45.8 Å². The molecule has 35 heavy (non-hydrogen) atoms. The van der Waals surface area contributed by atoms with Crippen LogP contribution in [0.5, 0.6) is 0 Å². The third-order valence-corrected chi connectivity index (χ3v) is 6.46. The number of nitrogens with zero attached hydrogens (tertiary/aromatic N) is 1. The van der Waals surface area contributed by atoms with Gasteiger partial charge in [0.05, 0.1) is 17.5 Å². The van der Waals surface area contributed by atoms with Gasteiger partial charge in [0.1, 0.15) is 0 Å². The second-order valence-electron chi connectivity index (χ2n) is 7.83. The van der Waals surface area contributed by atoms with E-state index in [4.69, 9.17) is 0 Å². The first-order chi connectivity index (χ1) is 17.0. The molecule has 0 atom stereocenters. The van der Waals surface area contributed by atoms with Crippen molar-refractivity contribution in [3.63, 3.8) is 0 Å². The highest BCUT2D eigenvalue weighted by atomic mass is 79.9. The number of carbonyl (C=O) groups excluding carboxylic acids is 2. The van der Waals surface area contributed by atoms with Crippen LogP contribution in [0.15, 0.2) is 76.3 Å². The lowest BCUT2D eigenvalue weighted by molar-refractivity contribution is 0.0956. The molecule has 0 fully saturated rings. The Balaban J connectivity index is 1.62. The highest BCUT2D eigenvalue weighted by Crippen LogP contribution is 2.22. The molecule has 0 saturated carbocycles. The zero-order valence-corrected chi connectivity index (χ0v) is 22.2. The molecule has 3 rings (SSSR count). The number of thioether (sulfide) groups is 1. The minimum atomic E-state index is -0.423. The molecule has 0 aliphatic rings. The molecule has 0 unspecified atom stereocenters. The van der Waals surface area contributed by atoms with E-state index in [2.05, 4.69) is 44.0 Å². The topological polar surface area (TPSA) is 82.6 Å². The van der Waals surface area contributed by atoms with Crippen molar-refractivity contribution in [2.75, 3.05) is 23.4 Å². The summed E-state index contributed by atoms with van der Waals surface area (Å²) in [5, 5.41) is 10.3. The number of hydrogen-bond donors (Lipinski definition) is 3. The first-order valence-electron chi connectivity index (χ1n) is 11.3. The van der Waals surface area contributed by atoms with E-state index >= 15 is 0 Å². The third kappa shape index (κ3) is 8.65. The van der Waals surface area contributed by atoms with E-state index in [9.17, 15) is 9.59 Å². The number of aryl methyl sites for hydroxylation is 1. The highest BCUT2D eigenvalue weighted by molar-refractivity contribution is 9.10. The number of amides is 2. The van der Waals surface area contributed by atoms with E-state index < -0.39 is 5.91 Å². The van der Waals surface area contributed by atoms with Gasteiger partial charge in [-0.25, -0.2) is 5.43 Å². The summed E-state index contributed by atoms with van der Waals surface area (Å²) in [5.41, 5.74) is 6.86. The molecular formula is C27H29BrN4O2S. The smallest absolute Gasteiger partial charge is 0.273 e. The molecule has 0 aliphatic heterocycles. The van der Waals surface area contributed by atoms with Crippen molar-refractivity contribution in [3.05, 3.63) is 99.0 Å². The van der Waals surface area contributed by atoms with Crippen LogP contribution in [-0.4, -0.2) is 36.1 Å². The van der Waals surface area contributed by atoms with Crippen LogP contribution >= 0.6 is 27.7 Å². The Hall–Kier alpha value is -2.94. The second kappa shape index (κ2) is 13.8. The maximum absolute atomic E-state index is 12.8. The number of hydrogen-bond acceptors (Lipinski definition) is 5. The van der Waals surface area contributed by atoms with E-state index in [1.165, 1.54) is 0 Å². The summed E-state index contributed by atoms with van der Waals surface area (Å²) in [4.78, 5) is 25.6. The summed E-state index contributed by atoms with van der Waals surface area (Å²) < 4.78 is 0.720. The Bertz CT molecular complexity index is 1180. The SMILES string of the molecule is CCSCCNCc1ccc(C(=O)Nc2ccc(Br)cc2C(=O)NN=Cc2cccc(C)c2)cc1. The fraction of sp³-hybridized carbons (Fsp3) is 0.222. The molecule has 6 nitrogen and oxygen atoms in total. The quantitative estimate of drug-likeness (QED) is 0.164. The lowest BCUT2D eigenvalue weighted by atomic mass is 10.1. The molecule has 0 aromatic heterocycles. The molecule has 0 spiro atoms. The highest BCUT2D eigenvalue weighted by Gasteiger charge is 2.15. The summed E-state index contributed by atoms with van der Waals surface area (Å²) in [5.74, 6) is 1.49. The molecule has 0 aliphatic carbocycles. The zero-order valence-electron chi connectivity index (χ0n) is 19.8. The minimum absolute atomic E-state index is 0.288. The number of rotatable bonds is 11. The Labute approximate surface area is 219 Å². The predicted molar refractivity (Wildman–Crippen MR) is 149 cm³/mol. The van der Waals surface area contributed by atoms with Gasteiger partial charge >= 0.3 is 0 Å². The van der Waals surface area contributed by atoms with Crippen molar-refractivity contribution in [3.8, 4) is 0 Å². The molecule has 0 radical (unpaired) electrons. The van der Waals surface area contributed by atoms with Crippen molar-refractivity contribution in [2.45, 2.75) is 20.4 Å². The summed E-state index contributed by atoms with van der Waals surface area (Å²) in [6.07, 6.45) is 1.58. The largest absolute Gasteiger partial charge is 0.321 e. The van der Waals surface area contributed by atoms with Crippen LogP contribution < -0.4 is 16.1 Å². The van der Waals surface area contributed by atoms with Crippen LogP contribution in [0.25, 0.3) is 0 Å². The number of hydrazone groups is 1. The maximum atomic E-state index is 12.8. The van der Waals surface area contributed by atoms with Crippen molar-refractivity contribution < 1.29 is 9.59 Å². The Morgan fingerprint density at radius 3 is 2.57 bits per heavy atom. The van der Waals surface area contributed by atoms with Gasteiger partial charge in [-0.15, -0.1) is 0 Å². The van der Waals surface area contributed by atoms with Gasteiger partial charge < -0.3 is 10.6 Å². The van der Waals surface area contributed by atoms with Crippen LogP contribution in [0.4, 0.5) is 5.69 Å². The first-order valence-corrected chi connectivity index (χ1v) is 13.3. The lowest BCUT2D eigenvalue weighted by Gasteiger charge is -2.11. The number of carbonyl (C=O) groups is 2. The minimum Gasteiger partial charge on any atom is -0.321 e. The number of anilines is 1. The van der Waals surface area contributed by atoms with Gasteiger partial charge in [-0.3, -0.25) is 9.59 Å². The van der Waals surface area contributed by atoms with Crippen molar-refractivity contribution >= 4 is 51.4 Å². The van der Waals surface area contributed by atoms with Gasteiger partial charge in [0, 0.05) is 28.9 Å². The van der Waals surface area contributed by atoms with Gasteiger partial charge in [0.15, 0.2) is 0 Å². The van der Waals surface area contributed by atoms with Gasteiger partial charge in [-0.05, 0) is 54.1 Å². The standard InChI is InChI=1S/C27H29BrN4O2S/c1-3-35-14-13-29-17-20-7-9-22(10-8-20)26(33)31-25-12-11-23(28)16-24(25)27(34)32-30-18-21-6-4-5-19(2)15-21/h4-12,15-16,18,29H,3,13-14,17H2,1-2H3,(H,31,33)(H,32,34). The maximum Gasteiger partial charge on any atom is 0.273 e. The van der Waals surface area contributed by atoms with Crippen LogP contribution in [0.1, 0.15) is 44.3 Å². The lowest BCUT2D eigenvalue weighted by Crippen LogP contribution is -2.21. The molecule has 3 aromatic rings. The summed E-state index contributed by atoms with van der Waals surface area (Å²) in [6.45, 7) is 5.85. The van der Waals surface area contributed by atoms with Gasteiger partial charge in [0.2, 0.25) is 0 Å². The van der Waals surface area contributed by atoms with Gasteiger partial charge in [-0.2, -0.15) is 16.9 Å². The molecule has 3 N–H and O–H groups in total. The van der Waals surface area contributed by atoms with E-state index in [-0.39, 0.29) is 5.91 Å². The second-order valence-corrected chi connectivity index (χ2v) is 10.1. The monoisotopic (exact) mass is 552 g/mol. The normalized spacial score (nSPS) is 10.9. The van der Waals surface area contributed by atoms with Crippen molar-refractivity contribution in [1.82, 2.24) is 10.7 Å². The van der Waals surface area contributed by atoms with Crippen molar-refractivity contribution in [1.29, 1.82) is 0 Å². The van der Waals surface area contributed by atoms with Crippen LogP contribution in [-0.2, 0) is 6.54 Å². The van der Waals surface area contributed by atoms with Crippen LogP contribution in [0.3, 0.4) is 0 Å². The molecule has 0 heterocycles. The van der Waals surface area contributed by atoms with Crippen LogP contribution in [0.2, 0.25) is 0 Å². The predicted octanol–water partition coefficient (Wildman–Crippen LogP) is 5.62. The van der Waals surface area contributed by atoms with E-state index in [0.29, 0.717) is 16.8 Å². The number of halogens is 1. The molecule has 8 heteroatoms. The van der Waals surface area contributed by atoms with Crippen molar-refractivity contribution in [2.24, 2.45) is 5.10 Å². The average Bonchev–Trinajstić information content (AvgIpc) is 2.85. The number of nitrogens with one attached hydrogen (secondary N) is 3. The number of benzene rings is 3. The average molecular weight is 554 g/mol. The van der Waals surface area contributed by atoms with Crippen LogP contribution in [0, 0.1) is 6.92 Å². The fourth-order valence-electron chi connectivity index (χ4n) is 3.28. The zero-order chi connectivity index (χ0) is 25.0. The summed E-state index contributed by atoms with van der Waals surface area (Å²) in [7, 11) is 0. The van der Waals surface area contributed by atoms with Gasteiger partial charge in [0.25, 0.3) is 11.8 Å². The summed E-state index contributed by atoms with van der Waals surface area (Å²) >= 11 is 5.30. The Morgan fingerprint density at radius 2 is 1.83 bits per heavy atom. The molecule has 0 saturated heterocycles. The Kier molecular flexibility index (Phi) is 10.5. The molecular weight excluding hydrogens is 524 g/mol. The first kappa shape index (κ1) is 26.7. The van der Waals surface area contributed by atoms with Gasteiger partial charge in [-0.1, -0.05) is 64.8 Å². The summed E-state index contributed by atoms with van der Waals surface area (Å²) in [6, 6.07) is 20.3. The van der Waals surface area contributed by atoms with E-state index in [1.807, 2.05) is 55.1 Å². The third-order valence-electron chi connectivity index (χ3n) is 5.07. The Morgan fingerprint density at radius 1 is 1.03 bits per heavy atom. The molecule has 3 aromatic carbocycles. The molecule has 2 amide bonds. The molecule has 182 valence electrons. The fourth-order valence-corrected chi connectivity index (χ4v) is 4.22. The van der Waals surface area contributed by atoms with E-state index in [1.54, 1.807) is 36.5 Å².